The molecule has 63 valence electrons. The zero-order valence-corrected chi connectivity index (χ0v) is 5.28. The molecule has 4 nitrogen and oxygen atoms in total. The molecule has 0 spiro atoms. The van der Waals surface area contributed by atoms with Crippen molar-refractivity contribution in [2.45, 2.75) is 6.18 Å². The van der Waals surface area contributed by atoms with Crippen LogP contribution in [0.2, 0.25) is 0 Å². The molecule has 0 aliphatic carbocycles. The summed E-state index contributed by atoms with van der Waals surface area (Å²) in [5, 5.41) is 0. The molecule has 0 aromatic rings. The average molecular weight is 181 g/mol. The third-order valence-corrected chi connectivity index (χ3v) is 0. The van der Waals surface area contributed by atoms with Crippen LogP contribution in [-0.2, 0) is 10.4 Å². The Morgan fingerprint density at radius 2 is 1.20 bits per heavy atom. The Bertz CT molecular complexity index is 153. The van der Waals surface area contributed by atoms with Crippen LogP contribution in [0.1, 0.15) is 0 Å². The Balaban J connectivity index is 0. The molecule has 1 radical (unpaired) electrons. The summed E-state index contributed by atoms with van der Waals surface area (Å²) in [7, 11) is -4.67. The van der Waals surface area contributed by atoms with Gasteiger partial charge in [-0.05, 0) is 0 Å². The van der Waals surface area contributed by atoms with E-state index in [0.717, 1.165) is 0 Å². The molecule has 2 N–H and O–H groups in total. The molecule has 0 aromatic carbocycles. The van der Waals surface area contributed by atoms with E-state index in [4.69, 9.17) is 17.5 Å². The maximum Gasteiger partial charge on any atom is 0.394 e. The highest BCUT2D eigenvalue weighted by molar-refractivity contribution is 7.79. The summed E-state index contributed by atoms with van der Waals surface area (Å²) in [6.07, 6.45) is -4.25. The van der Waals surface area contributed by atoms with Gasteiger partial charge in [0.05, 0.1) is 6.92 Å². The number of hydrogen-bond acceptors (Lipinski definition) is 2. The van der Waals surface area contributed by atoms with E-state index in [2.05, 4.69) is 0 Å². The molecule has 0 saturated heterocycles. The summed E-state index contributed by atoms with van der Waals surface area (Å²) < 4.78 is 62.3. The fourth-order valence-corrected chi connectivity index (χ4v) is 0. The van der Waals surface area contributed by atoms with E-state index in [9.17, 15) is 13.2 Å². The van der Waals surface area contributed by atoms with E-state index < -0.39 is 16.6 Å². The lowest BCUT2D eigenvalue weighted by Gasteiger charge is -1.88. The van der Waals surface area contributed by atoms with Crippen LogP contribution in [0.3, 0.4) is 0 Å². The van der Waals surface area contributed by atoms with Crippen LogP contribution in [0.4, 0.5) is 13.2 Å². The van der Waals surface area contributed by atoms with Crippen molar-refractivity contribution in [1.82, 2.24) is 0 Å². The molecule has 0 aromatic heterocycles. The standard InChI is InChI=1S/C2H2F3.H2O4S/c1-2(3,4)5;1-5(2,3)4/h1H2;(H2,1,2,3,4). The summed E-state index contributed by atoms with van der Waals surface area (Å²) in [6, 6.07) is 0. The van der Waals surface area contributed by atoms with Crippen molar-refractivity contribution >= 4 is 10.4 Å². The first-order chi connectivity index (χ1) is 4.00. The van der Waals surface area contributed by atoms with Crippen molar-refractivity contribution < 1.29 is 30.7 Å². The first-order valence-electron chi connectivity index (χ1n) is 1.62. The Morgan fingerprint density at radius 3 is 1.20 bits per heavy atom. The minimum absolute atomic E-state index is 1.77. The van der Waals surface area contributed by atoms with Gasteiger partial charge in [0.25, 0.3) is 0 Å². The quantitative estimate of drug-likeness (QED) is 0.540. The van der Waals surface area contributed by atoms with E-state index >= 15 is 0 Å². The Hall–Kier alpha value is -0.340. The molecular formula is C2H4F3O4S. The fraction of sp³-hybridized carbons (Fsp3) is 0.500. The van der Waals surface area contributed by atoms with Crippen LogP contribution in [0.5, 0.6) is 0 Å². The van der Waals surface area contributed by atoms with Gasteiger partial charge in [-0.25, -0.2) is 0 Å². The van der Waals surface area contributed by atoms with Gasteiger partial charge in [-0.2, -0.15) is 21.6 Å². The van der Waals surface area contributed by atoms with Crippen molar-refractivity contribution in [1.29, 1.82) is 0 Å². The van der Waals surface area contributed by atoms with Crippen molar-refractivity contribution in [2.24, 2.45) is 0 Å². The highest BCUT2D eigenvalue weighted by Crippen LogP contribution is 2.09. The maximum absolute atomic E-state index is 10.2. The minimum atomic E-state index is -4.67. The maximum atomic E-state index is 10.2. The predicted molar refractivity (Wildman–Crippen MR) is 25.6 cm³/mol. The van der Waals surface area contributed by atoms with Crippen LogP contribution in [0.25, 0.3) is 0 Å². The van der Waals surface area contributed by atoms with Gasteiger partial charge in [-0.3, -0.25) is 9.11 Å². The smallest absolute Gasteiger partial charge is 0.264 e. The molecule has 0 saturated carbocycles. The number of halogens is 3. The van der Waals surface area contributed by atoms with Crippen LogP contribution >= 0.6 is 0 Å². The number of rotatable bonds is 0. The topological polar surface area (TPSA) is 74.6 Å². The van der Waals surface area contributed by atoms with Crippen LogP contribution in [0, 0.1) is 6.92 Å². The van der Waals surface area contributed by atoms with Crippen molar-refractivity contribution in [3.05, 3.63) is 6.92 Å². The third-order valence-electron chi connectivity index (χ3n) is 0. The second-order valence-corrected chi connectivity index (χ2v) is 1.96. The molecule has 0 unspecified atom stereocenters. The van der Waals surface area contributed by atoms with Crippen LogP contribution in [0.15, 0.2) is 0 Å². The fourth-order valence-electron chi connectivity index (χ4n) is 0. The minimum Gasteiger partial charge on any atom is -0.264 e. The summed E-state index contributed by atoms with van der Waals surface area (Å²) >= 11 is 0. The number of alkyl halides is 3. The first kappa shape index (κ1) is 12.3. The molecule has 10 heavy (non-hydrogen) atoms. The highest BCUT2D eigenvalue weighted by atomic mass is 32.3. The molecule has 0 aliphatic heterocycles. The Labute approximate surface area is 55.2 Å². The monoisotopic (exact) mass is 181 g/mol. The zero-order chi connectivity index (χ0) is 9.00. The van der Waals surface area contributed by atoms with Gasteiger partial charge in [-0.15, -0.1) is 0 Å². The van der Waals surface area contributed by atoms with Crippen LogP contribution < -0.4 is 0 Å². The van der Waals surface area contributed by atoms with Gasteiger partial charge >= 0.3 is 16.6 Å². The van der Waals surface area contributed by atoms with E-state index in [1.165, 1.54) is 0 Å². The lowest BCUT2D eigenvalue weighted by Crippen LogP contribution is -1.96. The summed E-state index contributed by atoms with van der Waals surface area (Å²) in [5.41, 5.74) is 0. The van der Waals surface area contributed by atoms with Crippen molar-refractivity contribution in [3.63, 3.8) is 0 Å². The van der Waals surface area contributed by atoms with E-state index in [1.54, 1.807) is 6.92 Å². The molecule has 0 rings (SSSR count). The lowest BCUT2D eigenvalue weighted by molar-refractivity contribution is -0.0830. The molecule has 0 aliphatic rings. The van der Waals surface area contributed by atoms with Crippen LogP contribution in [-0.4, -0.2) is 23.7 Å². The summed E-state index contributed by atoms with van der Waals surface area (Å²) in [6.45, 7) is 1.77. The number of hydrogen-bond donors (Lipinski definition) is 2. The lowest BCUT2D eigenvalue weighted by atomic mass is 10.8. The highest BCUT2D eigenvalue weighted by Gasteiger charge is 2.16. The zero-order valence-electron chi connectivity index (χ0n) is 4.46. The molecule has 0 bridgehead atoms. The Morgan fingerprint density at radius 1 is 1.20 bits per heavy atom. The van der Waals surface area contributed by atoms with E-state index in [0.29, 0.717) is 0 Å². The second kappa shape index (κ2) is 3.74. The van der Waals surface area contributed by atoms with Crippen molar-refractivity contribution in [3.8, 4) is 0 Å². The van der Waals surface area contributed by atoms with Gasteiger partial charge in [-0.1, -0.05) is 0 Å². The van der Waals surface area contributed by atoms with Crippen molar-refractivity contribution in [2.75, 3.05) is 0 Å². The Kier molecular flexibility index (Phi) is 4.61. The van der Waals surface area contributed by atoms with E-state index in [-0.39, 0.29) is 0 Å². The molecule has 0 amide bonds. The first-order valence-corrected chi connectivity index (χ1v) is 3.02. The summed E-state index contributed by atoms with van der Waals surface area (Å²) in [5.74, 6) is 0. The molecule has 0 fully saturated rings. The normalized spacial score (nSPS) is 11.8. The van der Waals surface area contributed by atoms with Gasteiger partial charge < -0.3 is 0 Å². The molecule has 8 heteroatoms. The van der Waals surface area contributed by atoms with Gasteiger partial charge in [0.1, 0.15) is 0 Å². The second-order valence-electron chi connectivity index (χ2n) is 1.06. The van der Waals surface area contributed by atoms with E-state index in [1.807, 2.05) is 0 Å². The van der Waals surface area contributed by atoms with Gasteiger partial charge in [0.2, 0.25) is 0 Å². The molecule has 0 heterocycles. The third kappa shape index (κ3) is 2940. The predicted octanol–water partition coefficient (Wildman–Crippen LogP) is 0.730. The van der Waals surface area contributed by atoms with Gasteiger partial charge in [0.15, 0.2) is 0 Å². The molecule has 0 atom stereocenters. The molecular weight excluding hydrogens is 177 g/mol. The SMILES string of the molecule is O=S(=O)(O)O.[CH2]C(F)(F)F. The summed E-state index contributed by atoms with van der Waals surface area (Å²) in [4.78, 5) is 0. The largest absolute Gasteiger partial charge is 0.394 e. The van der Waals surface area contributed by atoms with Gasteiger partial charge in [0, 0.05) is 0 Å². The average Bonchev–Trinajstić information content (AvgIpc) is 1.12.